The van der Waals surface area contributed by atoms with E-state index in [-0.39, 0.29) is 30.5 Å². The molecule has 0 aromatic heterocycles. The van der Waals surface area contributed by atoms with Gasteiger partial charge in [-0.3, -0.25) is 4.79 Å². The van der Waals surface area contributed by atoms with E-state index in [1.807, 2.05) is 30.3 Å². The van der Waals surface area contributed by atoms with Crippen molar-refractivity contribution in [2.24, 2.45) is 0 Å². The van der Waals surface area contributed by atoms with Crippen LogP contribution in [0.1, 0.15) is 41.6 Å². The molecule has 3 amide bonds. The molecule has 1 fully saturated rings. The Bertz CT molecular complexity index is 990. The molecule has 0 radical (unpaired) electrons. The van der Waals surface area contributed by atoms with Crippen LogP contribution in [0.4, 0.5) is 9.59 Å². The number of alkyl carbamates (subject to hydrolysis) is 2. The Morgan fingerprint density at radius 1 is 0.857 bits per heavy atom. The van der Waals surface area contributed by atoms with E-state index >= 15 is 0 Å². The van der Waals surface area contributed by atoms with Gasteiger partial charge < -0.3 is 30.2 Å². The molecule has 3 rings (SSSR count). The normalized spacial score (nSPS) is 19.2. The first-order valence-corrected chi connectivity index (χ1v) is 11.7. The fourth-order valence-corrected chi connectivity index (χ4v) is 4.39. The van der Waals surface area contributed by atoms with Crippen LogP contribution < -0.4 is 20.7 Å². The number of benzene rings is 2. The largest absolute Gasteiger partial charge is 0.496 e. The molecule has 0 saturated heterocycles. The average Bonchev–Trinajstić information content (AvgIpc) is 2.91. The number of hydrogen-bond acceptors (Lipinski definition) is 6. The van der Waals surface area contributed by atoms with E-state index in [1.165, 1.54) is 7.11 Å². The molecule has 0 heterocycles. The smallest absolute Gasteiger partial charge is 0.407 e. The zero-order valence-electron chi connectivity index (χ0n) is 20.2. The first kappa shape index (κ1) is 25.9. The molecule has 0 atom stereocenters. The molecule has 0 bridgehead atoms. The van der Waals surface area contributed by atoms with Crippen LogP contribution in [0.3, 0.4) is 0 Å². The van der Waals surface area contributed by atoms with Gasteiger partial charge in [-0.15, -0.1) is 0 Å². The summed E-state index contributed by atoms with van der Waals surface area (Å²) in [6, 6.07) is 17.3. The summed E-state index contributed by atoms with van der Waals surface area (Å²) in [5.41, 5.74) is 1.38. The molecule has 2 aromatic carbocycles. The van der Waals surface area contributed by atoms with Crippen molar-refractivity contribution in [1.29, 1.82) is 0 Å². The number of hydrogen-bond donors (Lipinski definition) is 3. The molecule has 35 heavy (non-hydrogen) atoms. The van der Waals surface area contributed by atoms with Gasteiger partial charge in [-0.05, 0) is 43.4 Å². The number of para-hydroxylation sites is 1. The second kappa shape index (κ2) is 12.6. The lowest BCUT2D eigenvalue weighted by molar-refractivity contribution is 0.0565. The molecule has 0 aliphatic heterocycles. The molecular weight excluding hydrogens is 450 g/mol. The van der Waals surface area contributed by atoms with Crippen LogP contribution in [-0.2, 0) is 14.9 Å². The highest BCUT2D eigenvalue weighted by Crippen LogP contribution is 2.40. The Morgan fingerprint density at radius 2 is 1.49 bits per heavy atom. The summed E-state index contributed by atoms with van der Waals surface area (Å²) >= 11 is 0. The minimum Gasteiger partial charge on any atom is -0.496 e. The second-order valence-electron chi connectivity index (χ2n) is 8.48. The van der Waals surface area contributed by atoms with Crippen LogP contribution in [0.5, 0.6) is 5.75 Å². The number of amides is 3. The van der Waals surface area contributed by atoms with Crippen molar-refractivity contribution in [1.82, 2.24) is 16.0 Å². The summed E-state index contributed by atoms with van der Waals surface area (Å²) < 4.78 is 15.4. The van der Waals surface area contributed by atoms with Crippen LogP contribution >= 0.6 is 0 Å². The van der Waals surface area contributed by atoms with E-state index < -0.39 is 12.2 Å². The SMILES string of the molecule is COC(=O)NCCNC(=O)OC1CCC(CNC(=O)c2ccccc2OC)(c2ccccc2)CC1. The molecule has 2 aromatic rings. The second-order valence-corrected chi connectivity index (χ2v) is 8.48. The van der Waals surface area contributed by atoms with Crippen molar-refractivity contribution >= 4 is 18.1 Å². The Kier molecular flexibility index (Phi) is 9.34. The molecule has 9 heteroatoms. The van der Waals surface area contributed by atoms with Gasteiger partial charge in [0.25, 0.3) is 5.91 Å². The summed E-state index contributed by atoms with van der Waals surface area (Å²) in [5.74, 6) is 0.347. The van der Waals surface area contributed by atoms with Crippen molar-refractivity contribution in [3.63, 3.8) is 0 Å². The third-order valence-electron chi connectivity index (χ3n) is 6.34. The van der Waals surface area contributed by atoms with Crippen LogP contribution in [-0.4, -0.2) is 58.1 Å². The first-order valence-electron chi connectivity index (χ1n) is 11.7. The quantitative estimate of drug-likeness (QED) is 0.471. The maximum absolute atomic E-state index is 12.9. The summed E-state index contributed by atoms with van der Waals surface area (Å²) in [7, 11) is 2.82. The van der Waals surface area contributed by atoms with Gasteiger partial charge in [0.05, 0.1) is 19.8 Å². The molecule has 0 unspecified atom stereocenters. The maximum atomic E-state index is 12.9. The minimum absolute atomic E-state index is 0.184. The van der Waals surface area contributed by atoms with E-state index in [9.17, 15) is 14.4 Å². The fourth-order valence-electron chi connectivity index (χ4n) is 4.39. The lowest BCUT2D eigenvalue weighted by Gasteiger charge is -2.40. The van der Waals surface area contributed by atoms with Crippen molar-refractivity contribution in [2.45, 2.75) is 37.2 Å². The van der Waals surface area contributed by atoms with Gasteiger partial charge in [-0.1, -0.05) is 42.5 Å². The zero-order chi connectivity index (χ0) is 25.1. The molecular formula is C26H33N3O6. The fraction of sp³-hybridized carbons (Fsp3) is 0.423. The highest BCUT2D eigenvalue weighted by molar-refractivity contribution is 5.97. The van der Waals surface area contributed by atoms with Gasteiger partial charge in [0.2, 0.25) is 0 Å². The van der Waals surface area contributed by atoms with Crippen molar-refractivity contribution in [3.05, 3.63) is 65.7 Å². The topological polar surface area (TPSA) is 115 Å². The highest BCUT2D eigenvalue weighted by atomic mass is 16.6. The number of methoxy groups -OCH3 is 2. The molecule has 1 saturated carbocycles. The Labute approximate surface area is 205 Å². The third kappa shape index (κ3) is 7.11. The number of ether oxygens (including phenoxy) is 3. The summed E-state index contributed by atoms with van der Waals surface area (Å²) in [6.45, 7) is 0.949. The van der Waals surface area contributed by atoms with E-state index in [2.05, 4.69) is 32.8 Å². The lowest BCUT2D eigenvalue weighted by Crippen LogP contribution is -2.45. The summed E-state index contributed by atoms with van der Waals surface area (Å²) in [6.07, 6.45) is 1.57. The minimum atomic E-state index is -0.553. The highest BCUT2D eigenvalue weighted by Gasteiger charge is 2.38. The molecule has 9 nitrogen and oxygen atoms in total. The van der Waals surface area contributed by atoms with Gasteiger partial charge >= 0.3 is 12.2 Å². The van der Waals surface area contributed by atoms with Crippen LogP contribution in [0.15, 0.2) is 54.6 Å². The van der Waals surface area contributed by atoms with E-state index in [0.717, 1.165) is 18.4 Å². The Morgan fingerprint density at radius 3 is 2.14 bits per heavy atom. The van der Waals surface area contributed by atoms with Crippen LogP contribution in [0.2, 0.25) is 0 Å². The van der Waals surface area contributed by atoms with Crippen LogP contribution in [0.25, 0.3) is 0 Å². The van der Waals surface area contributed by atoms with Crippen molar-refractivity contribution in [3.8, 4) is 5.75 Å². The Hall–Kier alpha value is -3.75. The monoisotopic (exact) mass is 483 g/mol. The predicted octanol–water partition coefficient (Wildman–Crippen LogP) is 3.39. The molecule has 0 spiro atoms. The molecule has 1 aliphatic carbocycles. The van der Waals surface area contributed by atoms with E-state index in [1.54, 1.807) is 19.2 Å². The van der Waals surface area contributed by atoms with Gasteiger partial charge in [0.15, 0.2) is 0 Å². The van der Waals surface area contributed by atoms with Gasteiger partial charge in [-0.2, -0.15) is 0 Å². The number of carbonyl (C=O) groups excluding carboxylic acids is 3. The molecule has 1 aliphatic rings. The van der Waals surface area contributed by atoms with E-state index in [0.29, 0.717) is 30.7 Å². The molecule has 188 valence electrons. The Balaban J connectivity index is 1.58. The molecule has 3 N–H and O–H groups in total. The zero-order valence-corrected chi connectivity index (χ0v) is 20.2. The van der Waals surface area contributed by atoms with Gasteiger partial charge in [0, 0.05) is 25.0 Å². The average molecular weight is 484 g/mol. The summed E-state index contributed by atoms with van der Waals surface area (Å²) in [4.78, 5) is 36.1. The summed E-state index contributed by atoms with van der Waals surface area (Å²) in [5, 5.41) is 8.22. The number of carbonyl (C=O) groups is 3. The number of rotatable bonds is 9. The number of nitrogens with one attached hydrogen (secondary N) is 3. The van der Waals surface area contributed by atoms with Gasteiger partial charge in [0.1, 0.15) is 11.9 Å². The predicted molar refractivity (Wildman–Crippen MR) is 131 cm³/mol. The third-order valence-corrected chi connectivity index (χ3v) is 6.34. The van der Waals surface area contributed by atoms with Gasteiger partial charge in [-0.25, -0.2) is 9.59 Å². The van der Waals surface area contributed by atoms with Crippen molar-refractivity contribution in [2.75, 3.05) is 33.9 Å². The lowest BCUT2D eigenvalue weighted by atomic mass is 9.68. The van der Waals surface area contributed by atoms with Crippen molar-refractivity contribution < 1.29 is 28.6 Å². The van der Waals surface area contributed by atoms with Crippen LogP contribution in [0, 0.1) is 0 Å². The maximum Gasteiger partial charge on any atom is 0.407 e. The standard InChI is InChI=1S/C26H33N3O6/c1-33-22-11-7-6-10-21(22)23(30)29-18-26(19-8-4-3-5-9-19)14-12-20(13-15-26)35-25(32)28-17-16-27-24(31)34-2/h3-11,20H,12-18H2,1-2H3,(H,27,31)(H,28,32)(H,29,30). The first-order chi connectivity index (χ1) is 17.0. The van der Waals surface area contributed by atoms with E-state index in [4.69, 9.17) is 9.47 Å².